The fourth-order valence-electron chi connectivity index (χ4n) is 3.40. The van der Waals surface area contributed by atoms with E-state index in [1.165, 1.54) is 17.5 Å². The summed E-state index contributed by atoms with van der Waals surface area (Å²) in [6, 6.07) is 12.7. The molecule has 6 nitrogen and oxygen atoms in total. The van der Waals surface area contributed by atoms with Gasteiger partial charge in [-0.2, -0.15) is 5.10 Å². The first-order chi connectivity index (χ1) is 12.9. The van der Waals surface area contributed by atoms with Gasteiger partial charge in [-0.25, -0.2) is 9.97 Å². The Bertz CT molecular complexity index is 801. The standard InChI is InChI=1S/C20H24N6/c1-2-6-17(7-3-1)14-26-15-18(13-24-26)12-23-19-8-4-11-25(16-19)20-21-9-5-10-22-20/h1-3,5-7,9-10,13,15,19,23H,4,8,11-12,14,16H2. The topological polar surface area (TPSA) is 58.9 Å². The molecule has 4 rings (SSSR count). The van der Waals surface area contributed by atoms with E-state index in [0.717, 1.165) is 38.5 Å². The Labute approximate surface area is 153 Å². The van der Waals surface area contributed by atoms with Gasteiger partial charge in [0.2, 0.25) is 5.95 Å². The van der Waals surface area contributed by atoms with Crippen molar-refractivity contribution in [2.45, 2.75) is 32.0 Å². The molecule has 2 aromatic heterocycles. The summed E-state index contributed by atoms with van der Waals surface area (Å²) in [6.07, 6.45) is 10.0. The smallest absolute Gasteiger partial charge is 0.225 e. The highest BCUT2D eigenvalue weighted by Gasteiger charge is 2.21. The number of benzene rings is 1. The summed E-state index contributed by atoms with van der Waals surface area (Å²) in [7, 11) is 0. The Balaban J connectivity index is 1.30. The van der Waals surface area contributed by atoms with Crippen molar-refractivity contribution in [1.29, 1.82) is 0 Å². The summed E-state index contributed by atoms with van der Waals surface area (Å²) < 4.78 is 2.00. The maximum atomic E-state index is 4.48. The van der Waals surface area contributed by atoms with Crippen LogP contribution in [-0.4, -0.2) is 38.9 Å². The predicted molar refractivity (Wildman–Crippen MR) is 102 cm³/mol. The van der Waals surface area contributed by atoms with Gasteiger partial charge in [0, 0.05) is 49.8 Å². The van der Waals surface area contributed by atoms with Gasteiger partial charge in [-0.3, -0.25) is 4.68 Å². The van der Waals surface area contributed by atoms with Gasteiger partial charge >= 0.3 is 0 Å². The number of nitrogens with one attached hydrogen (secondary N) is 1. The largest absolute Gasteiger partial charge is 0.339 e. The Morgan fingerprint density at radius 3 is 2.73 bits per heavy atom. The zero-order valence-electron chi connectivity index (χ0n) is 14.8. The molecule has 0 spiro atoms. The lowest BCUT2D eigenvalue weighted by Gasteiger charge is -2.33. The van der Waals surface area contributed by atoms with Crippen LogP contribution in [0.2, 0.25) is 0 Å². The number of anilines is 1. The van der Waals surface area contributed by atoms with Crippen molar-refractivity contribution in [2.75, 3.05) is 18.0 Å². The molecule has 134 valence electrons. The molecule has 26 heavy (non-hydrogen) atoms. The summed E-state index contributed by atoms with van der Waals surface area (Å²) in [6.45, 7) is 3.62. The molecule has 3 heterocycles. The van der Waals surface area contributed by atoms with Crippen molar-refractivity contribution in [3.8, 4) is 0 Å². The van der Waals surface area contributed by atoms with Crippen LogP contribution in [0.15, 0.2) is 61.2 Å². The third-order valence-corrected chi connectivity index (χ3v) is 4.73. The number of aromatic nitrogens is 4. The number of rotatable bonds is 6. The number of hydrogen-bond donors (Lipinski definition) is 1. The van der Waals surface area contributed by atoms with Gasteiger partial charge in [-0.1, -0.05) is 30.3 Å². The van der Waals surface area contributed by atoms with Gasteiger partial charge in [0.05, 0.1) is 12.7 Å². The molecule has 6 heteroatoms. The molecule has 0 bridgehead atoms. The van der Waals surface area contributed by atoms with E-state index in [1.54, 1.807) is 12.4 Å². The second kappa shape index (κ2) is 8.10. The van der Waals surface area contributed by atoms with Gasteiger partial charge in [0.25, 0.3) is 0 Å². The van der Waals surface area contributed by atoms with Crippen molar-refractivity contribution >= 4 is 5.95 Å². The van der Waals surface area contributed by atoms with Crippen molar-refractivity contribution in [2.24, 2.45) is 0 Å². The molecule has 1 aromatic carbocycles. The summed E-state index contributed by atoms with van der Waals surface area (Å²) in [5.74, 6) is 0.828. The van der Waals surface area contributed by atoms with Crippen molar-refractivity contribution in [1.82, 2.24) is 25.1 Å². The quantitative estimate of drug-likeness (QED) is 0.742. The molecule has 0 saturated carbocycles. The van der Waals surface area contributed by atoms with Gasteiger partial charge in [0.1, 0.15) is 0 Å². The van der Waals surface area contributed by atoms with Crippen LogP contribution in [-0.2, 0) is 13.1 Å². The Hall–Kier alpha value is -2.73. The molecule has 1 atom stereocenters. The van der Waals surface area contributed by atoms with Crippen LogP contribution < -0.4 is 10.2 Å². The van der Waals surface area contributed by atoms with E-state index in [4.69, 9.17) is 0 Å². The predicted octanol–water partition coefficient (Wildman–Crippen LogP) is 2.48. The average molecular weight is 348 g/mol. The second-order valence-corrected chi connectivity index (χ2v) is 6.75. The highest BCUT2D eigenvalue weighted by Crippen LogP contribution is 2.15. The van der Waals surface area contributed by atoms with E-state index >= 15 is 0 Å². The van der Waals surface area contributed by atoms with Crippen LogP contribution in [0, 0.1) is 0 Å². The molecule has 0 radical (unpaired) electrons. The minimum absolute atomic E-state index is 0.449. The van der Waals surface area contributed by atoms with Gasteiger partial charge < -0.3 is 10.2 Å². The zero-order valence-corrected chi connectivity index (χ0v) is 14.8. The first-order valence-electron chi connectivity index (χ1n) is 9.17. The molecule has 1 saturated heterocycles. The Morgan fingerprint density at radius 2 is 1.88 bits per heavy atom. The summed E-state index contributed by atoms with van der Waals surface area (Å²) in [4.78, 5) is 11.0. The Kier molecular flexibility index (Phi) is 5.21. The van der Waals surface area contributed by atoms with Gasteiger partial charge in [0.15, 0.2) is 0 Å². The minimum Gasteiger partial charge on any atom is -0.339 e. The van der Waals surface area contributed by atoms with E-state index in [0.29, 0.717) is 6.04 Å². The maximum absolute atomic E-state index is 4.48. The normalized spacial score (nSPS) is 17.4. The number of piperidine rings is 1. The average Bonchev–Trinajstić information content (AvgIpc) is 3.15. The van der Waals surface area contributed by atoms with Crippen LogP contribution in [0.5, 0.6) is 0 Å². The third kappa shape index (κ3) is 4.26. The molecule has 1 unspecified atom stereocenters. The molecule has 3 aromatic rings. The van der Waals surface area contributed by atoms with Crippen LogP contribution in [0.3, 0.4) is 0 Å². The van der Waals surface area contributed by atoms with Gasteiger partial charge in [-0.15, -0.1) is 0 Å². The SMILES string of the molecule is c1ccc(Cn2cc(CNC3CCCN(c4ncccn4)C3)cn2)cc1. The van der Waals surface area contributed by atoms with Gasteiger partial charge in [-0.05, 0) is 24.5 Å². The van der Waals surface area contributed by atoms with Crippen LogP contribution in [0.25, 0.3) is 0 Å². The molecule has 0 aliphatic carbocycles. The molecule has 1 aliphatic rings. The molecule has 1 fully saturated rings. The van der Waals surface area contributed by atoms with Crippen molar-refractivity contribution in [3.05, 3.63) is 72.3 Å². The van der Waals surface area contributed by atoms with Crippen molar-refractivity contribution < 1.29 is 0 Å². The summed E-state index contributed by atoms with van der Waals surface area (Å²) in [5.41, 5.74) is 2.48. The highest BCUT2D eigenvalue weighted by molar-refractivity contribution is 5.29. The van der Waals surface area contributed by atoms with Crippen LogP contribution >= 0.6 is 0 Å². The van der Waals surface area contributed by atoms with Crippen molar-refractivity contribution in [3.63, 3.8) is 0 Å². The lowest BCUT2D eigenvalue weighted by molar-refractivity contribution is 0.418. The van der Waals surface area contributed by atoms with Crippen LogP contribution in [0.1, 0.15) is 24.0 Å². The Morgan fingerprint density at radius 1 is 1.04 bits per heavy atom. The molecular weight excluding hydrogens is 324 g/mol. The van der Waals surface area contributed by atoms with E-state index in [-0.39, 0.29) is 0 Å². The summed E-state index contributed by atoms with van der Waals surface area (Å²) in [5, 5.41) is 8.15. The first kappa shape index (κ1) is 16.7. The second-order valence-electron chi connectivity index (χ2n) is 6.75. The minimum atomic E-state index is 0.449. The van der Waals surface area contributed by atoms with E-state index < -0.39 is 0 Å². The fraction of sp³-hybridized carbons (Fsp3) is 0.350. The lowest BCUT2D eigenvalue weighted by Crippen LogP contribution is -2.46. The molecular formula is C20H24N6. The van der Waals surface area contributed by atoms with E-state index in [1.807, 2.05) is 23.0 Å². The van der Waals surface area contributed by atoms with E-state index in [9.17, 15) is 0 Å². The number of nitrogens with zero attached hydrogens (tertiary/aromatic N) is 5. The fourth-order valence-corrected chi connectivity index (χ4v) is 3.40. The van der Waals surface area contributed by atoms with E-state index in [2.05, 4.69) is 55.7 Å². The molecule has 1 N–H and O–H groups in total. The maximum Gasteiger partial charge on any atom is 0.225 e. The lowest BCUT2D eigenvalue weighted by atomic mass is 10.1. The zero-order chi connectivity index (χ0) is 17.6. The highest BCUT2D eigenvalue weighted by atomic mass is 15.3. The molecule has 0 amide bonds. The molecule has 1 aliphatic heterocycles. The summed E-state index contributed by atoms with van der Waals surface area (Å²) >= 11 is 0. The third-order valence-electron chi connectivity index (χ3n) is 4.73. The van der Waals surface area contributed by atoms with Crippen LogP contribution in [0.4, 0.5) is 5.95 Å². The monoisotopic (exact) mass is 348 g/mol. The number of hydrogen-bond acceptors (Lipinski definition) is 5. The first-order valence-corrected chi connectivity index (χ1v) is 9.17.